The van der Waals surface area contributed by atoms with Crippen molar-refractivity contribution >= 4 is 43.5 Å². The number of ketones is 1. The zero-order chi connectivity index (χ0) is 11.0. The van der Waals surface area contributed by atoms with Gasteiger partial charge in [-0.3, -0.25) is 0 Å². The zero-order valence-corrected chi connectivity index (χ0v) is 12.4. The topological polar surface area (TPSA) is 55.1 Å². The molecule has 3 nitrogen and oxygen atoms in total. The second-order valence-corrected chi connectivity index (χ2v) is 29.1. The van der Waals surface area contributed by atoms with Gasteiger partial charge in [0.25, 0.3) is 0 Å². The molecule has 2 atom stereocenters. The molecule has 1 rings (SSSR count). The van der Waals surface area contributed by atoms with Crippen molar-refractivity contribution in [3.8, 4) is 0 Å². The van der Waals surface area contributed by atoms with Crippen molar-refractivity contribution in [1.29, 1.82) is 0 Å². The predicted molar refractivity (Wildman–Crippen MR) is 57.2 cm³/mol. The number of carbonyl (C=O) groups excluding carboxylic acids is 1. The van der Waals surface area contributed by atoms with Crippen molar-refractivity contribution in [3.05, 3.63) is 0 Å². The number of Topliss-reactive ketones (excluding diaryl/α,β-unsaturated/α-hetero) is 1. The molecule has 0 spiro atoms. The van der Waals surface area contributed by atoms with Gasteiger partial charge in [0.05, 0.1) is 0 Å². The number of nitrogens with two attached hydrogens (primary N) is 1. The third-order valence-electron chi connectivity index (χ3n) is 1.94. The van der Waals surface area contributed by atoms with Crippen molar-refractivity contribution in [1.82, 2.24) is 3.88 Å². The first-order valence-corrected chi connectivity index (χ1v) is 16.2. The fraction of sp³-hybridized carbons (Fsp3) is 0.833. The molecular formula is C6H11Cl4N2OPt. The summed E-state index contributed by atoms with van der Waals surface area (Å²) in [5, 5.41) is 0. The van der Waals surface area contributed by atoms with Crippen LogP contribution < -0.4 is 9.61 Å². The third-order valence-corrected chi connectivity index (χ3v) is 5.98. The molecule has 0 aliphatic heterocycles. The Hall–Kier alpha value is 1.44. The van der Waals surface area contributed by atoms with Crippen LogP contribution in [0.25, 0.3) is 0 Å². The van der Waals surface area contributed by atoms with Gasteiger partial charge in [-0.1, -0.05) is 0 Å². The maximum atomic E-state index is 11.4. The minimum absolute atomic E-state index is 0.0169. The number of rotatable bonds is 2. The zero-order valence-electron chi connectivity index (χ0n) is 7.09. The van der Waals surface area contributed by atoms with E-state index in [1.54, 1.807) is 0 Å². The van der Waals surface area contributed by atoms with Gasteiger partial charge >= 0.3 is 100 Å². The van der Waals surface area contributed by atoms with E-state index in [0.717, 1.165) is 0 Å². The van der Waals surface area contributed by atoms with Crippen molar-refractivity contribution in [2.45, 2.75) is 31.3 Å². The number of carbonyl (C=O) groups is 1. The molecule has 0 bridgehead atoms. The molecule has 89 valence electrons. The summed E-state index contributed by atoms with van der Waals surface area (Å²) >= 11 is 0. The molecule has 1 saturated carbocycles. The molecule has 1 aliphatic rings. The van der Waals surface area contributed by atoms with Gasteiger partial charge in [0.15, 0.2) is 0 Å². The van der Waals surface area contributed by atoms with E-state index >= 15 is 0 Å². The average molecular weight is 464 g/mol. The second-order valence-electron chi connectivity index (χ2n) is 3.15. The van der Waals surface area contributed by atoms with Crippen LogP contribution in [-0.2, 0) is 15.7 Å². The molecule has 1 fully saturated rings. The molecule has 0 aromatic carbocycles. The van der Waals surface area contributed by atoms with Crippen LogP contribution in [0.4, 0.5) is 0 Å². The summed E-state index contributed by atoms with van der Waals surface area (Å²) in [6.45, 7) is 0. The van der Waals surface area contributed by atoms with E-state index in [1.807, 2.05) is 0 Å². The first-order valence-electron chi connectivity index (χ1n) is 3.83. The summed E-state index contributed by atoms with van der Waals surface area (Å²) < 4.78 is 2.63. The van der Waals surface area contributed by atoms with Crippen LogP contribution >= 0.6 is 37.7 Å². The number of hydrogen-bond acceptors (Lipinski definition) is 3. The number of halogens is 4. The molecule has 0 amide bonds. The Balaban J connectivity index is 2.63. The molecule has 0 aromatic rings. The third kappa shape index (κ3) is 4.98. The van der Waals surface area contributed by atoms with Crippen LogP contribution in [0.5, 0.6) is 0 Å². The fourth-order valence-electron chi connectivity index (χ4n) is 1.31. The maximum absolute atomic E-state index is 11.4. The Morgan fingerprint density at radius 3 is 2.43 bits per heavy atom. The Labute approximate surface area is 99.4 Å². The van der Waals surface area contributed by atoms with E-state index in [2.05, 4.69) is 3.88 Å². The SMILES string of the molecule is NC1CCC(=O)C([NH][Pt]([Cl])([Cl])([Cl])[Cl])C1. The molecule has 3 N–H and O–H groups in total. The van der Waals surface area contributed by atoms with Gasteiger partial charge < -0.3 is 0 Å². The van der Waals surface area contributed by atoms with Crippen LogP contribution in [-0.4, -0.2) is 17.9 Å². The summed E-state index contributed by atoms with van der Waals surface area (Å²) in [6.07, 6.45) is 1.59. The second kappa shape index (κ2) is 4.37. The normalized spacial score (nSPS) is 32.4. The molecule has 2 unspecified atom stereocenters. The summed E-state index contributed by atoms with van der Waals surface area (Å²) in [6, 6.07) is -0.530. The molecule has 0 aromatic heterocycles. The molecule has 14 heavy (non-hydrogen) atoms. The van der Waals surface area contributed by atoms with Crippen molar-refractivity contribution in [3.63, 3.8) is 0 Å². The van der Waals surface area contributed by atoms with Gasteiger partial charge in [0, 0.05) is 0 Å². The number of hydrogen-bond donors (Lipinski definition) is 2. The predicted octanol–water partition coefficient (Wildman–Crippen LogP) is 2.24. The minimum atomic E-state index is -4.50. The van der Waals surface area contributed by atoms with E-state index in [4.69, 9.17) is 43.4 Å². The van der Waals surface area contributed by atoms with Gasteiger partial charge in [0.1, 0.15) is 0 Å². The van der Waals surface area contributed by atoms with E-state index in [-0.39, 0.29) is 11.8 Å². The molecule has 0 radical (unpaired) electrons. The van der Waals surface area contributed by atoms with Crippen LogP contribution in [0.15, 0.2) is 0 Å². The number of nitrogens with one attached hydrogen (secondary N) is 1. The van der Waals surface area contributed by atoms with Gasteiger partial charge in [-0.15, -0.1) is 0 Å². The monoisotopic (exact) mass is 462 g/mol. The summed E-state index contributed by atoms with van der Waals surface area (Å²) in [5.41, 5.74) is 5.71. The fourth-order valence-corrected chi connectivity index (χ4v) is 5.87. The van der Waals surface area contributed by atoms with E-state index in [0.29, 0.717) is 19.3 Å². The van der Waals surface area contributed by atoms with Crippen LogP contribution in [0, 0.1) is 0 Å². The van der Waals surface area contributed by atoms with Gasteiger partial charge in [-0.25, -0.2) is 0 Å². The van der Waals surface area contributed by atoms with Crippen molar-refractivity contribution in [2.75, 3.05) is 0 Å². The first-order chi connectivity index (χ1) is 6.13. The molecule has 0 saturated heterocycles. The van der Waals surface area contributed by atoms with Crippen molar-refractivity contribution < 1.29 is 15.7 Å². The molecular weight excluding hydrogens is 453 g/mol. The Morgan fingerprint density at radius 1 is 1.36 bits per heavy atom. The summed E-state index contributed by atoms with van der Waals surface area (Å²) in [4.78, 5) is 11.4. The Bertz CT molecular complexity index is 245. The van der Waals surface area contributed by atoms with Gasteiger partial charge in [-0.2, -0.15) is 0 Å². The first kappa shape index (κ1) is 13.5. The van der Waals surface area contributed by atoms with E-state index in [9.17, 15) is 4.79 Å². The quantitative estimate of drug-likeness (QED) is 0.660. The van der Waals surface area contributed by atoms with Crippen molar-refractivity contribution in [2.24, 2.45) is 5.73 Å². The standard InChI is InChI=1S/C6H11N2O.4ClH.Pt/c7-4-1-2-6(9)5(8)3-4;;;;;/h4-5,8H,1-3,7H2;4*1H;/q-1;;;;;+5/p-4. The molecule has 1 aliphatic carbocycles. The summed E-state index contributed by atoms with van der Waals surface area (Å²) in [7, 11) is 18.3. The molecule has 0 heterocycles. The summed E-state index contributed by atoms with van der Waals surface area (Å²) in [5.74, 6) is 0.0169. The van der Waals surface area contributed by atoms with Crippen LogP contribution in [0.1, 0.15) is 19.3 Å². The van der Waals surface area contributed by atoms with E-state index in [1.165, 1.54) is 0 Å². The van der Waals surface area contributed by atoms with Gasteiger partial charge in [-0.05, 0) is 0 Å². The van der Waals surface area contributed by atoms with E-state index < -0.39 is 16.9 Å². The average Bonchev–Trinajstić information content (AvgIpc) is 1.92. The Kier molecular flexibility index (Phi) is 4.21. The Morgan fingerprint density at radius 2 is 1.93 bits per heavy atom. The van der Waals surface area contributed by atoms with Crippen LogP contribution in [0.2, 0.25) is 0 Å². The van der Waals surface area contributed by atoms with Crippen LogP contribution in [0.3, 0.4) is 0 Å². The van der Waals surface area contributed by atoms with Gasteiger partial charge in [0.2, 0.25) is 0 Å². The molecule has 8 heteroatoms.